The van der Waals surface area contributed by atoms with Crippen molar-refractivity contribution in [2.45, 2.75) is 63.7 Å². The van der Waals surface area contributed by atoms with Crippen molar-refractivity contribution in [2.75, 3.05) is 19.3 Å². The van der Waals surface area contributed by atoms with Crippen LogP contribution in [0.5, 0.6) is 0 Å². The molecule has 6 nitrogen and oxygen atoms in total. The van der Waals surface area contributed by atoms with Gasteiger partial charge in [0.2, 0.25) is 5.91 Å². The van der Waals surface area contributed by atoms with Crippen LogP contribution in [-0.4, -0.2) is 46.1 Å². The van der Waals surface area contributed by atoms with Crippen molar-refractivity contribution in [3.05, 3.63) is 5.82 Å². The van der Waals surface area contributed by atoms with E-state index in [1.165, 1.54) is 6.42 Å². The minimum atomic E-state index is 0.151. The molecule has 2 heterocycles. The highest BCUT2D eigenvalue weighted by Crippen LogP contribution is 2.16. The molecule has 2 N–H and O–H groups in total. The fourth-order valence-electron chi connectivity index (χ4n) is 2.90. The van der Waals surface area contributed by atoms with Crippen LogP contribution < -0.4 is 10.6 Å². The Morgan fingerprint density at radius 2 is 2.30 bits per heavy atom. The molecule has 0 aliphatic carbocycles. The van der Waals surface area contributed by atoms with Gasteiger partial charge in [0.25, 0.3) is 0 Å². The van der Waals surface area contributed by atoms with Crippen molar-refractivity contribution in [2.24, 2.45) is 5.92 Å². The lowest BCUT2D eigenvalue weighted by atomic mass is 10.1. The van der Waals surface area contributed by atoms with Gasteiger partial charge in [0, 0.05) is 32.0 Å². The minimum Gasteiger partial charge on any atom is -0.356 e. The van der Waals surface area contributed by atoms with E-state index in [1.807, 2.05) is 6.26 Å². The zero-order chi connectivity index (χ0) is 16.7. The Balaban J connectivity index is 1.73. The monoisotopic (exact) mass is 339 g/mol. The molecule has 0 saturated carbocycles. The number of aryl methyl sites for hydroxylation is 1. The van der Waals surface area contributed by atoms with Crippen LogP contribution in [0.15, 0.2) is 5.16 Å². The van der Waals surface area contributed by atoms with Gasteiger partial charge in [-0.05, 0) is 38.0 Å². The van der Waals surface area contributed by atoms with Gasteiger partial charge in [-0.25, -0.2) is 0 Å². The zero-order valence-electron chi connectivity index (χ0n) is 14.5. The van der Waals surface area contributed by atoms with Crippen LogP contribution in [0.3, 0.4) is 0 Å². The number of nitrogens with zero attached hydrogens (tertiary/aromatic N) is 3. The minimum absolute atomic E-state index is 0.151. The zero-order valence-corrected chi connectivity index (χ0v) is 15.3. The molecule has 2 rings (SSSR count). The summed E-state index contributed by atoms with van der Waals surface area (Å²) in [7, 11) is 0. The first kappa shape index (κ1) is 18.3. The molecule has 1 unspecified atom stereocenters. The lowest BCUT2D eigenvalue weighted by Gasteiger charge is -2.12. The second-order valence-electron chi connectivity index (χ2n) is 6.56. The third-order valence-electron chi connectivity index (χ3n) is 4.02. The van der Waals surface area contributed by atoms with E-state index in [4.69, 9.17) is 0 Å². The highest BCUT2D eigenvalue weighted by atomic mass is 32.2. The predicted molar refractivity (Wildman–Crippen MR) is 93.6 cm³/mol. The summed E-state index contributed by atoms with van der Waals surface area (Å²) >= 11 is 1.63. The molecule has 0 radical (unpaired) electrons. The van der Waals surface area contributed by atoms with E-state index in [2.05, 4.69) is 39.2 Å². The Morgan fingerprint density at radius 1 is 1.48 bits per heavy atom. The third-order valence-corrected chi connectivity index (χ3v) is 4.68. The van der Waals surface area contributed by atoms with Gasteiger partial charge in [-0.15, -0.1) is 10.2 Å². The molecule has 1 amide bonds. The van der Waals surface area contributed by atoms with Crippen molar-refractivity contribution in [1.29, 1.82) is 0 Å². The van der Waals surface area contributed by atoms with E-state index in [0.29, 0.717) is 24.9 Å². The largest absolute Gasteiger partial charge is 0.356 e. The normalized spacial score (nSPS) is 17.8. The summed E-state index contributed by atoms with van der Waals surface area (Å²) in [6.07, 6.45) is 6.67. The van der Waals surface area contributed by atoms with Crippen LogP contribution in [0.1, 0.15) is 45.4 Å². The molecule has 1 aliphatic rings. The summed E-state index contributed by atoms with van der Waals surface area (Å²) in [5.41, 5.74) is 0. The van der Waals surface area contributed by atoms with E-state index in [-0.39, 0.29) is 5.91 Å². The highest BCUT2D eigenvalue weighted by molar-refractivity contribution is 7.98. The van der Waals surface area contributed by atoms with E-state index in [0.717, 1.165) is 43.3 Å². The summed E-state index contributed by atoms with van der Waals surface area (Å²) in [6.45, 7) is 7.09. The number of carbonyl (C=O) groups is 1. The SMILES string of the molecule is CSc1nnc(CCCNC(=O)CC2CCCN2)n1CC(C)C. The average Bonchev–Trinajstić information content (AvgIpc) is 3.13. The third kappa shape index (κ3) is 5.80. The molecule has 1 aliphatic heterocycles. The quantitative estimate of drug-likeness (QED) is 0.531. The predicted octanol–water partition coefficient (Wildman–Crippen LogP) is 1.85. The van der Waals surface area contributed by atoms with Crippen molar-refractivity contribution in [3.8, 4) is 0 Å². The molecule has 0 aromatic carbocycles. The molecule has 7 heteroatoms. The number of aromatic nitrogens is 3. The number of hydrogen-bond donors (Lipinski definition) is 2. The first-order chi connectivity index (χ1) is 11.1. The molecule has 0 spiro atoms. The topological polar surface area (TPSA) is 71.8 Å². The van der Waals surface area contributed by atoms with Crippen molar-refractivity contribution >= 4 is 17.7 Å². The van der Waals surface area contributed by atoms with E-state index in [9.17, 15) is 4.79 Å². The van der Waals surface area contributed by atoms with Crippen LogP contribution in [0.25, 0.3) is 0 Å². The number of carbonyl (C=O) groups excluding carboxylic acids is 1. The molecule has 130 valence electrons. The van der Waals surface area contributed by atoms with Gasteiger partial charge in [-0.3, -0.25) is 4.79 Å². The summed E-state index contributed by atoms with van der Waals surface area (Å²) in [6, 6.07) is 0.369. The van der Waals surface area contributed by atoms with E-state index < -0.39 is 0 Å². The van der Waals surface area contributed by atoms with Crippen LogP contribution >= 0.6 is 11.8 Å². The molecule has 1 atom stereocenters. The van der Waals surface area contributed by atoms with Crippen LogP contribution in [0.4, 0.5) is 0 Å². The van der Waals surface area contributed by atoms with Crippen molar-refractivity contribution < 1.29 is 4.79 Å². The van der Waals surface area contributed by atoms with Crippen molar-refractivity contribution in [1.82, 2.24) is 25.4 Å². The summed E-state index contributed by atoms with van der Waals surface area (Å²) in [5.74, 6) is 1.74. The Morgan fingerprint density at radius 3 is 2.96 bits per heavy atom. The summed E-state index contributed by atoms with van der Waals surface area (Å²) < 4.78 is 2.21. The van der Waals surface area contributed by atoms with Crippen molar-refractivity contribution in [3.63, 3.8) is 0 Å². The standard InChI is InChI=1S/C16H29N5OS/c1-12(2)11-21-14(19-20-16(21)23-3)7-5-9-18-15(22)10-13-6-4-8-17-13/h12-13,17H,4-11H2,1-3H3,(H,18,22). The average molecular weight is 340 g/mol. The first-order valence-corrected chi connectivity index (χ1v) is 9.78. The second-order valence-corrected chi connectivity index (χ2v) is 7.33. The molecule has 1 fully saturated rings. The Bertz CT molecular complexity index is 497. The molecule has 0 bridgehead atoms. The Labute approximate surface area is 143 Å². The van der Waals surface area contributed by atoms with Gasteiger partial charge >= 0.3 is 0 Å². The maximum atomic E-state index is 11.9. The second kappa shape index (κ2) is 9.27. The van der Waals surface area contributed by atoms with Gasteiger partial charge in [-0.2, -0.15) is 0 Å². The Kier molecular flexibility index (Phi) is 7.36. The molecule has 1 aromatic rings. The fourth-order valence-corrected chi connectivity index (χ4v) is 3.43. The van der Waals surface area contributed by atoms with Gasteiger partial charge < -0.3 is 15.2 Å². The highest BCUT2D eigenvalue weighted by Gasteiger charge is 2.17. The Hall–Kier alpha value is -1.08. The maximum Gasteiger partial charge on any atom is 0.221 e. The number of hydrogen-bond acceptors (Lipinski definition) is 5. The van der Waals surface area contributed by atoms with Crippen LogP contribution in [0, 0.1) is 5.92 Å². The van der Waals surface area contributed by atoms with Gasteiger partial charge in [0.1, 0.15) is 5.82 Å². The maximum absolute atomic E-state index is 11.9. The van der Waals surface area contributed by atoms with E-state index >= 15 is 0 Å². The van der Waals surface area contributed by atoms with Crippen LogP contribution in [-0.2, 0) is 17.8 Å². The number of rotatable bonds is 9. The number of amides is 1. The smallest absolute Gasteiger partial charge is 0.221 e. The van der Waals surface area contributed by atoms with Gasteiger partial charge in [-0.1, -0.05) is 25.6 Å². The van der Waals surface area contributed by atoms with E-state index in [1.54, 1.807) is 11.8 Å². The number of thioether (sulfide) groups is 1. The lowest BCUT2D eigenvalue weighted by molar-refractivity contribution is -0.121. The molecular formula is C16H29N5OS. The number of nitrogens with one attached hydrogen (secondary N) is 2. The lowest BCUT2D eigenvalue weighted by Crippen LogP contribution is -2.32. The molecule has 1 aromatic heterocycles. The molecular weight excluding hydrogens is 310 g/mol. The fraction of sp³-hybridized carbons (Fsp3) is 0.812. The summed E-state index contributed by atoms with van der Waals surface area (Å²) in [4.78, 5) is 11.9. The van der Waals surface area contributed by atoms with Crippen LogP contribution in [0.2, 0.25) is 0 Å². The summed E-state index contributed by atoms with van der Waals surface area (Å²) in [5, 5.41) is 15.9. The molecule has 23 heavy (non-hydrogen) atoms. The first-order valence-electron chi connectivity index (χ1n) is 8.56. The molecule has 1 saturated heterocycles. The van der Waals surface area contributed by atoms with Gasteiger partial charge in [0.05, 0.1) is 0 Å². The van der Waals surface area contributed by atoms with Gasteiger partial charge in [0.15, 0.2) is 5.16 Å².